The van der Waals surface area contributed by atoms with E-state index in [9.17, 15) is 14.4 Å². The van der Waals surface area contributed by atoms with Crippen molar-refractivity contribution in [3.63, 3.8) is 0 Å². The molecule has 0 radical (unpaired) electrons. The summed E-state index contributed by atoms with van der Waals surface area (Å²) in [7, 11) is 1.60. The van der Waals surface area contributed by atoms with E-state index >= 15 is 0 Å². The summed E-state index contributed by atoms with van der Waals surface area (Å²) < 4.78 is 2.55. The van der Waals surface area contributed by atoms with E-state index in [-0.39, 0.29) is 23.9 Å². The van der Waals surface area contributed by atoms with Crippen LogP contribution in [0, 0.1) is 0 Å². The van der Waals surface area contributed by atoms with Gasteiger partial charge in [-0.3, -0.25) is 18.7 Å². The summed E-state index contributed by atoms with van der Waals surface area (Å²) in [6.07, 6.45) is 3.13. The number of nitrogens with one attached hydrogen (secondary N) is 1. The van der Waals surface area contributed by atoms with Crippen LogP contribution in [0.4, 0.5) is 0 Å². The lowest BCUT2D eigenvalue weighted by Crippen LogP contribution is -2.39. The van der Waals surface area contributed by atoms with Crippen LogP contribution >= 0.6 is 11.6 Å². The number of rotatable bonds is 5. The molecular weight excluding hydrogens is 430 g/mol. The van der Waals surface area contributed by atoms with E-state index in [1.165, 1.54) is 10.6 Å². The van der Waals surface area contributed by atoms with E-state index in [1.807, 2.05) is 6.92 Å². The molecular formula is C23H20ClN5O3. The van der Waals surface area contributed by atoms with Gasteiger partial charge in [-0.1, -0.05) is 23.7 Å². The van der Waals surface area contributed by atoms with Crippen LogP contribution in [0.1, 0.15) is 34.5 Å². The van der Waals surface area contributed by atoms with Crippen molar-refractivity contribution in [2.24, 2.45) is 7.05 Å². The number of nitrogens with zero attached hydrogens (tertiary/aromatic N) is 4. The highest BCUT2D eigenvalue weighted by atomic mass is 35.5. The highest BCUT2D eigenvalue weighted by Crippen LogP contribution is 2.15. The summed E-state index contributed by atoms with van der Waals surface area (Å²) in [4.78, 5) is 38.8. The Morgan fingerprint density at radius 2 is 1.84 bits per heavy atom. The molecule has 0 aliphatic heterocycles. The fourth-order valence-corrected chi connectivity index (χ4v) is 3.62. The molecule has 1 amide bonds. The highest BCUT2D eigenvalue weighted by Gasteiger charge is 2.16. The fraction of sp³-hybridized carbons (Fsp3) is 0.174. The third kappa shape index (κ3) is 4.17. The summed E-state index contributed by atoms with van der Waals surface area (Å²) in [6.45, 7) is 1.93. The molecule has 0 saturated heterocycles. The van der Waals surface area contributed by atoms with Gasteiger partial charge in [-0.2, -0.15) is 10.2 Å². The quantitative estimate of drug-likeness (QED) is 0.505. The van der Waals surface area contributed by atoms with E-state index in [0.717, 1.165) is 15.7 Å². The number of halogens is 1. The summed E-state index contributed by atoms with van der Waals surface area (Å²) in [6, 6.07) is 13.1. The number of carbonyl (C=O) groups is 1. The zero-order chi connectivity index (χ0) is 22.8. The van der Waals surface area contributed by atoms with E-state index < -0.39 is 11.2 Å². The van der Waals surface area contributed by atoms with E-state index in [2.05, 4.69) is 15.5 Å². The summed E-state index contributed by atoms with van der Waals surface area (Å²) in [5.41, 5.74) is 1.45. The van der Waals surface area contributed by atoms with Crippen LogP contribution in [-0.2, 0) is 13.6 Å². The largest absolute Gasteiger partial charge is 0.345 e. The van der Waals surface area contributed by atoms with Crippen LogP contribution in [0.25, 0.3) is 10.9 Å². The van der Waals surface area contributed by atoms with Gasteiger partial charge in [0.15, 0.2) is 0 Å². The van der Waals surface area contributed by atoms with Gasteiger partial charge in [0.2, 0.25) is 0 Å². The number of aryl methyl sites for hydroxylation is 1. The number of hydrogen-bond donors (Lipinski definition) is 1. The predicted molar refractivity (Wildman–Crippen MR) is 122 cm³/mol. The number of benzene rings is 2. The molecule has 0 aliphatic rings. The molecule has 9 heteroatoms. The third-order valence-electron chi connectivity index (χ3n) is 5.32. The molecule has 0 bridgehead atoms. The number of amides is 1. The van der Waals surface area contributed by atoms with Gasteiger partial charge in [0.1, 0.15) is 0 Å². The van der Waals surface area contributed by atoms with Crippen molar-refractivity contribution in [1.29, 1.82) is 0 Å². The summed E-state index contributed by atoms with van der Waals surface area (Å²) in [5.74, 6) is -0.339. The molecule has 1 atom stereocenters. The van der Waals surface area contributed by atoms with Gasteiger partial charge in [0.25, 0.3) is 11.5 Å². The summed E-state index contributed by atoms with van der Waals surface area (Å²) >= 11 is 5.92. The normalized spacial score (nSPS) is 12.0. The molecule has 2 aromatic heterocycles. The minimum Gasteiger partial charge on any atom is -0.345 e. The van der Waals surface area contributed by atoms with Crippen LogP contribution in [0.3, 0.4) is 0 Å². The van der Waals surface area contributed by atoms with Gasteiger partial charge >= 0.3 is 5.69 Å². The first-order chi connectivity index (χ1) is 15.3. The second kappa shape index (κ2) is 8.76. The molecule has 0 spiro atoms. The predicted octanol–water partition coefficient (Wildman–Crippen LogP) is 2.68. The molecule has 0 aliphatic carbocycles. The van der Waals surface area contributed by atoms with Crippen LogP contribution < -0.4 is 16.6 Å². The molecule has 162 valence electrons. The lowest BCUT2D eigenvalue weighted by molar-refractivity contribution is 0.0940. The number of hydrogen-bond acceptors (Lipinski definition) is 5. The number of carbonyl (C=O) groups excluding carboxylic acids is 1. The van der Waals surface area contributed by atoms with E-state index in [4.69, 9.17) is 11.6 Å². The van der Waals surface area contributed by atoms with Gasteiger partial charge in [-0.05, 0) is 54.4 Å². The topological polar surface area (TPSA) is 98.9 Å². The smallest absolute Gasteiger partial charge is 0.331 e. The van der Waals surface area contributed by atoms with Crippen molar-refractivity contribution in [3.05, 3.63) is 103 Å². The van der Waals surface area contributed by atoms with Crippen LogP contribution in [-0.4, -0.2) is 25.2 Å². The maximum absolute atomic E-state index is 13.2. The second-order valence-electron chi connectivity index (χ2n) is 7.46. The van der Waals surface area contributed by atoms with Crippen LogP contribution in [0.5, 0.6) is 0 Å². The molecule has 2 heterocycles. The molecule has 32 heavy (non-hydrogen) atoms. The minimum absolute atomic E-state index is 0.0983. The Morgan fingerprint density at radius 3 is 2.53 bits per heavy atom. The third-order valence-corrected chi connectivity index (χ3v) is 5.57. The van der Waals surface area contributed by atoms with Gasteiger partial charge < -0.3 is 5.32 Å². The van der Waals surface area contributed by atoms with Crippen molar-refractivity contribution in [2.75, 3.05) is 0 Å². The van der Waals surface area contributed by atoms with E-state index in [1.54, 1.807) is 61.9 Å². The molecule has 4 aromatic rings. The standard InChI is InChI=1S/C23H20ClN5O3/c1-14(17-9-10-25-26-12-17)27-21(30)16-5-8-20-19(11-16)22(31)29(23(32)28(20)2)13-15-3-6-18(24)7-4-15/h3-12,14H,13H2,1-2H3,(H,27,30). The van der Waals surface area contributed by atoms with Crippen molar-refractivity contribution in [3.8, 4) is 0 Å². The van der Waals surface area contributed by atoms with Crippen LogP contribution in [0.15, 0.2) is 70.5 Å². The Bertz CT molecular complexity index is 1410. The Balaban J connectivity index is 1.71. The van der Waals surface area contributed by atoms with Crippen molar-refractivity contribution >= 4 is 28.4 Å². The van der Waals surface area contributed by atoms with Gasteiger partial charge in [-0.25, -0.2) is 4.79 Å². The Morgan fingerprint density at radius 1 is 1.09 bits per heavy atom. The first-order valence-electron chi connectivity index (χ1n) is 9.90. The number of aromatic nitrogens is 4. The van der Waals surface area contributed by atoms with Crippen molar-refractivity contribution in [1.82, 2.24) is 24.6 Å². The molecule has 0 fully saturated rings. The van der Waals surface area contributed by atoms with Crippen LogP contribution in [0.2, 0.25) is 5.02 Å². The Hall–Kier alpha value is -3.78. The Kier molecular flexibility index (Phi) is 5.87. The molecule has 1 N–H and O–H groups in total. The number of fused-ring (bicyclic) bond motifs is 1. The molecule has 1 unspecified atom stereocenters. The first kappa shape index (κ1) is 21.5. The van der Waals surface area contributed by atoms with Crippen molar-refractivity contribution in [2.45, 2.75) is 19.5 Å². The Labute approximate surface area is 188 Å². The fourth-order valence-electron chi connectivity index (χ4n) is 3.49. The first-order valence-corrected chi connectivity index (χ1v) is 10.3. The molecule has 4 rings (SSSR count). The molecule has 0 saturated carbocycles. The summed E-state index contributed by atoms with van der Waals surface area (Å²) in [5, 5.41) is 11.3. The minimum atomic E-state index is -0.459. The lowest BCUT2D eigenvalue weighted by Gasteiger charge is -2.15. The van der Waals surface area contributed by atoms with Gasteiger partial charge in [0, 0.05) is 23.8 Å². The molecule has 2 aromatic carbocycles. The maximum Gasteiger partial charge on any atom is 0.331 e. The monoisotopic (exact) mass is 449 g/mol. The SMILES string of the molecule is CC(NC(=O)c1ccc2c(c1)c(=O)n(Cc1ccc(Cl)cc1)c(=O)n2C)c1ccnnc1. The average molecular weight is 450 g/mol. The lowest BCUT2D eigenvalue weighted by atomic mass is 10.1. The van der Waals surface area contributed by atoms with Crippen molar-refractivity contribution < 1.29 is 4.79 Å². The average Bonchev–Trinajstić information content (AvgIpc) is 2.81. The van der Waals surface area contributed by atoms with Gasteiger partial charge in [0.05, 0.1) is 29.7 Å². The zero-order valence-electron chi connectivity index (χ0n) is 17.4. The zero-order valence-corrected chi connectivity index (χ0v) is 18.2. The maximum atomic E-state index is 13.2. The second-order valence-corrected chi connectivity index (χ2v) is 7.90. The van der Waals surface area contributed by atoms with Gasteiger partial charge in [-0.15, -0.1) is 0 Å². The molecule has 8 nitrogen and oxygen atoms in total. The van der Waals surface area contributed by atoms with E-state index in [0.29, 0.717) is 16.1 Å². The highest BCUT2D eigenvalue weighted by molar-refractivity contribution is 6.30.